The molecule has 82 valence electrons. The first-order valence-corrected chi connectivity index (χ1v) is 5.88. The van der Waals surface area contributed by atoms with Crippen LogP contribution in [0.2, 0.25) is 0 Å². The van der Waals surface area contributed by atoms with E-state index in [4.69, 9.17) is 0 Å². The molecule has 3 rings (SSSR count). The first-order chi connectivity index (χ1) is 7.83. The Hall–Kier alpha value is -1.57. The van der Waals surface area contributed by atoms with Gasteiger partial charge in [0.1, 0.15) is 0 Å². The summed E-state index contributed by atoms with van der Waals surface area (Å²) < 4.78 is 2.11. The third kappa shape index (κ3) is 1.87. The van der Waals surface area contributed by atoms with Gasteiger partial charge in [-0.15, -0.1) is 0 Å². The fourth-order valence-electron chi connectivity index (χ4n) is 2.14. The van der Waals surface area contributed by atoms with Crippen LogP contribution in [0.15, 0.2) is 36.9 Å². The zero-order valence-corrected chi connectivity index (χ0v) is 9.56. The maximum atomic E-state index is 4.07. The Morgan fingerprint density at radius 1 is 1.38 bits per heavy atom. The third-order valence-electron chi connectivity index (χ3n) is 3.33. The summed E-state index contributed by atoms with van der Waals surface area (Å²) in [6.45, 7) is 3.13. The summed E-state index contributed by atoms with van der Waals surface area (Å²) in [5.74, 6) is 0.848. The maximum Gasteiger partial charge on any atom is 0.0949 e. The van der Waals surface area contributed by atoms with Crippen LogP contribution in [-0.4, -0.2) is 9.55 Å². The molecule has 0 radical (unpaired) electrons. The molecule has 1 aromatic heterocycles. The lowest BCUT2D eigenvalue weighted by atomic mass is 10.0. The average molecular weight is 212 g/mol. The lowest BCUT2D eigenvalue weighted by molar-refractivity contribution is 0.791. The van der Waals surface area contributed by atoms with Crippen LogP contribution in [0.25, 0.3) is 0 Å². The van der Waals surface area contributed by atoms with E-state index in [-0.39, 0.29) is 0 Å². The quantitative estimate of drug-likeness (QED) is 0.764. The van der Waals surface area contributed by atoms with Crippen LogP contribution in [0, 0.1) is 6.92 Å². The second kappa shape index (κ2) is 3.78. The molecular formula is C14H16N2. The number of nitrogens with zero attached hydrogens (tertiary/aromatic N) is 2. The van der Waals surface area contributed by atoms with Crippen molar-refractivity contribution in [1.29, 1.82) is 0 Å². The Morgan fingerprint density at radius 2 is 2.25 bits per heavy atom. The summed E-state index contributed by atoms with van der Waals surface area (Å²) in [5.41, 5.74) is 4.31. The summed E-state index contributed by atoms with van der Waals surface area (Å²) in [6, 6.07) is 6.91. The van der Waals surface area contributed by atoms with Crippen molar-refractivity contribution in [3.63, 3.8) is 0 Å². The highest BCUT2D eigenvalue weighted by molar-refractivity contribution is 5.34. The van der Waals surface area contributed by atoms with Crippen molar-refractivity contribution in [1.82, 2.24) is 9.55 Å². The first kappa shape index (κ1) is 9.64. The van der Waals surface area contributed by atoms with Crippen LogP contribution >= 0.6 is 0 Å². The Bertz CT molecular complexity index is 481. The summed E-state index contributed by atoms with van der Waals surface area (Å²) in [4.78, 5) is 4.07. The highest BCUT2D eigenvalue weighted by atomic mass is 15.0. The van der Waals surface area contributed by atoms with Crippen molar-refractivity contribution >= 4 is 0 Å². The predicted octanol–water partition coefficient (Wildman–Crippen LogP) is 3.12. The van der Waals surface area contributed by atoms with E-state index in [1.807, 2.05) is 18.7 Å². The van der Waals surface area contributed by atoms with Crippen molar-refractivity contribution < 1.29 is 0 Å². The summed E-state index contributed by atoms with van der Waals surface area (Å²) in [6.07, 6.45) is 8.46. The molecule has 1 fully saturated rings. The van der Waals surface area contributed by atoms with Gasteiger partial charge in [0.15, 0.2) is 0 Å². The number of benzene rings is 1. The molecule has 0 bridgehead atoms. The number of imidazole rings is 1. The molecule has 1 aliphatic rings. The SMILES string of the molecule is Cc1cc(C2CC2)ccc1Cn1ccnc1. The van der Waals surface area contributed by atoms with E-state index >= 15 is 0 Å². The van der Waals surface area contributed by atoms with Crippen molar-refractivity contribution in [2.45, 2.75) is 32.2 Å². The normalized spacial score (nSPS) is 15.3. The molecule has 2 nitrogen and oxygen atoms in total. The van der Waals surface area contributed by atoms with Crippen molar-refractivity contribution in [3.05, 3.63) is 53.6 Å². The standard InChI is InChI=1S/C14H16N2/c1-11-8-13(12-2-3-12)4-5-14(11)9-16-7-6-15-10-16/h4-8,10,12H,2-3,9H2,1H3. The fraction of sp³-hybridized carbons (Fsp3) is 0.357. The van der Waals surface area contributed by atoms with Gasteiger partial charge in [0.05, 0.1) is 6.33 Å². The van der Waals surface area contributed by atoms with Crippen LogP contribution < -0.4 is 0 Å². The van der Waals surface area contributed by atoms with E-state index in [9.17, 15) is 0 Å². The van der Waals surface area contributed by atoms with Gasteiger partial charge >= 0.3 is 0 Å². The molecule has 1 heterocycles. The average Bonchev–Trinajstić information content (AvgIpc) is 3.01. The molecule has 0 atom stereocenters. The summed E-state index contributed by atoms with van der Waals surface area (Å²) >= 11 is 0. The molecule has 16 heavy (non-hydrogen) atoms. The molecule has 1 aliphatic carbocycles. The molecule has 0 N–H and O–H groups in total. The summed E-state index contributed by atoms with van der Waals surface area (Å²) in [7, 11) is 0. The van der Waals surface area contributed by atoms with Crippen LogP contribution in [-0.2, 0) is 6.54 Å². The highest BCUT2D eigenvalue weighted by Crippen LogP contribution is 2.40. The van der Waals surface area contributed by atoms with E-state index in [2.05, 4.69) is 34.7 Å². The molecule has 2 heteroatoms. The zero-order chi connectivity index (χ0) is 11.0. The third-order valence-corrected chi connectivity index (χ3v) is 3.33. The highest BCUT2D eigenvalue weighted by Gasteiger charge is 2.23. The Kier molecular flexibility index (Phi) is 2.28. The first-order valence-electron chi connectivity index (χ1n) is 5.88. The predicted molar refractivity (Wildman–Crippen MR) is 64.5 cm³/mol. The number of hydrogen-bond acceptors (Lipinski definition) is 1. The topological polar surface area (TPSA) is 17.8 Å². The largest absolute Gasteiger partial charge is 0.333 e. The smallest absolute Gasteiger partial charge is 0.0949 e. The molecule has 0 aliphatic heterocycles. The van der Waals surface area contributed by atoms with E-state index < -0.39 is 0 Å². The van der Waals surface area contributed by atoms with Gasteiger partial charge in [0.25, 0.3) is 0 Å². The van der Waals surface area contributed by atoms with Crippen molar-refractivity contribution in [2.75, 3.05) is 0 Å². The van der Waals surface area contributed by atoms with Crippen molar-refractivity contribution in [3.8, 4) is 0 Å². The van der Waals surface area contributed by atoms with Crippen molar-refractivity contribution in [2.24, 2.45) is 0 Å². The lowest BCUT2D eigenvalue weighted by Gasteiger charge is -2.08. The van der Waals surface area contributed by atoms with Crippen LogP contribution in [0.1, 0.15) is 35.4 Å². The second-order valence-corrected chi connectivity index (χ2v) is 4.70. The molecule has 0 saturated heterocycles. The van der Waals surface area contributed by atoms with Crippen LogP contribution in [0.3, 0.4) is 0 Å². The number of rotatable bonds is 3. The Morgan fingerprint density at radius 3 is 2.88 bits per heavy atom. The minimum atomic E-state index is 0.848. The van der Waals surface area contributed by atoms with Gasteiger partial charge in [-0.2, -0.15) is 0 Å². The second-order valence-electron chi connectivity index (χ2n) is 4.70. The molecule has 0 unspecified atom stereocenters. The van der Waals surface area contributed by atoms with Crippen LogP contribution in [0.5, 0.6) is 0 Å². The Balaban J connectivity index is 1.84. The van der Waals surface area contributed by atoms with E-state index in [1.165, 1.54) is 29.5 Å². The van der Waals surface area contributed by atoms with Gasteiger partial charge in [-0.25, -0.2) is 4.98 Å². The minimum absolute atomic E-state index is 0.848. The Labute approximate surface area is 95.9 Å². The monoisotopic (exact) mass is 212 g/mol. The minimum Gasteiger partial charge on any atom is -0.333 e. The molecule has 0 spiro atoms. The number of hydrogen-bond donors (Lipinski definition) is 0. The number of aromatic nitrogens is 2. The van der Waals surface area contributed by atoms with Gasteiger partial charge < -0.3 is 4.57 Å². The molecule has 0 amide bonds. The van der Waals surface area contributed by atoms with Gasteiger partial charge in [-0.3, -0.25) is 0 Å². The number of aryl methyl sites for hydroxylation is 1. The van der Waals surface area contributed by atoms with Crippen LogP contribution in [0.4, 0.5) is 0 Å². The fourth-order valence-corrected chi connectivity index (χ4v) is 2.14. The van der Waals surface area contributed by atoms with Gasteiger partial charge in [-0.05, 0) is 42.4 Å². The molecule has 2 aromatic rings. The molecule has 1 saturated carbocycles. The van der Waals surface area contributed by atoms with E-state index in [1.54, 1.807) is 0 Å². The summed E-state index contributed by atoms with van der Waals surface area (Å²) in [5, 5.41) is 0. The molecular weight excluding hydrogens is 196 g/mol. The maximum absolute atomic E-state index is 4.07. The van der Waals surface area contributed by atoms with E-state index in [0.29, 0.717) is 0 Å². The zero-order valence-electron chi connectivity index (χ0n) is 9.56. The molecule has 1 aromatic carbocycles. The van der Waals surface area contributed by atoms with Gasteiger partial charge in [0, 0.05) is 18.9 Å². The van der Waals surface area contributed by atoms with Gasteiger partial charge in [0.2, 0.25) is 0 Å². The van der Waals surface area contributed by atoms with Gasteiger partial charge in [-0.1, -0.05) is 18.2 Å². The lowest BCUT2D eigenvalue weighted by Crippen LogP contribution is -1.99. The van der Waals surface area contributed by atoms with E-state index in [0.717, 1.165) is 12.5 Å².